The molecule has 0 aliphatic rings. The zero-order valence-corrected chi connectivity index (χ0v) is 9.56. The molecule has 57 valence electrons. The van der Waals surface area contributed by atoms with Crippen LogP contribution >= 0.6 is 0 Å². The molecule has 0 aliphatic heterocycles. The first-order valence-electron chi connectivity index (χ1n) is 3.03. The minimum Gasteiger partial charge on any atom is -0.655 e. The average molecular weight is 218 g/mol. The van der Waals surface area contributed by atoms with E-state index in [0.717, 1.165) is 0 Å². The number of carbonyl (C=O) groups is 1. The minimum atomic E-state index is -0.0938. The summed E-state index contributed by atoms with van der Waals surface area (Å²) in [5.74, 6) is -0.0938. The van der Waals surface area contributed by atoms with Crippen molar-refractivity contribution < 1.29 is 37.5 Å². The van der Waals surface area contributed by atoms with Crippen LogP contribution in [0.1, 0.15) is 13.8 Å². The van der Waals surface area contributed by atoms with E-state index in [-0.39, 0.29) is 38.6 Å². The van der Waals surface area contributed by atoms with Crippen molar-refractivity contribution in [2.24, 2.45) is 0 Å². The molecule has 0 unspecified atom stereocenters. The van der Waals surface area contributed by atoms with E-state index in [1.165, 1.54) is 7.05 Å². The molecule has 0 heterocycles. The molecule has 0 rings (SSSR count). The Morgan fingerprint density at radius 1 is 1.60 bits per heavy atom. The Kier molecular flexibility index (Phi) is 10.0. The number of hydrogen-bond acceptors (Lipinski definition) is 2. The third-order valence-corrected chi connectivity index (χ3v) is 0.911. The zero-order chi connectivity index (χ0) is 7.28. The van der Waals surface area contributed by atoms with Gasteiger partial charge in [-0.15, -0.1) is 7.05 Å². The van der Waals surface area contributed by atoms with E-state index in [1.54, 1.807) is 0 Å². The molecule has 0 aromatic carbocycles. The van der Waals surface area contributed by atoms with Crippen LogP contribution in [-0.4, -0.2) is 25.5 Å². The van der Waals surface area contributed by atoms with Crippen molar-refractivity contribution in [2.45, 2.75) is 19.9 Å². The molecule has 0 saturated carbocycles. The van der Waals surface area contributed by atoms with Crippen LogP contribution in [0, 0.1) is 0 Å². The Morgan fingerprint density at radius 3 is 2.40 bits per heavy atom. The largest absolute Gasteiger partial charge is 0.655 e. The maximum atomic E-state index is 10.5. The molecule has 1 amide bonds. The number of nitrogens with zero attached hydrogens (tertiary/aromatic N) is 1. The first kappa shape index (κ1) is 13.1. The monoisotopic (exact) mass is 218 g/mol. The molecule has 0 fully saturated rings. The zero-order valence-electron chi connectivity index (χ0n) is 6.72. The van der Waals surface area contributed by atoms with E-state index in [9.17, 15) is 4.79 Å². The average Bonchev–Trinajstić information content (AvgIpc) is 1.83. The van der Waals surface area contributed by atoms with Crippen LogP contribution in [0.25, 0.3) is 5.32 Å². The molecule has 0 spiro atoms. The number of rotatable bonds is 3. The Morgan fingerprint density at radius 2 is 2.10 bits per heavy atom. The predicted molar refractivity (Wildman–Crippen MR) is 37.4 cm³/mol. The fourth-order valence-electron chi connectivity index (χ4n) is 0.370. The third-order valence-electron chi connectivity index (χ3n) is 0.911. The van der Waals surface area contributed by atoms with Crippen molar-refractivity contribution >= 4 is 5.91 Å². The molecule has 1 N–H and O–H groups in total. The van der Waals surface area contributed by atoms with Gasteiger partial charge in [0.2, 0.25) is 0 Å². The van der Waals surface area contributed by atoms with Crippen LogP contribution in [0.2, 0.25) is 0 Å². The van der Waals surface area contributed by atoms with Gasteiger partial charge in [0.15, 0.2) is 0 Å². The summed E-state index contributed by atoms with van der Waals surface area (Å²) in [6.07, 6.45) is 0. The van der Waals surface area contributed by atoms with Crippen molar-refractivity contribution in [3.63, 3.8) is 0 Å². The molecular weight excluding hydrogens is 205 g/mol. The van der Waals surface area contributed by atoms with Gasteiger partial charge in [-0.2, -0.15) is 0 Å². The number of amides is 1. The topological polar surface area (TPSA) is 43.2 Å². The molecule has 0 aromatic rings. The van der Waals surface area contributed by atoms with Gasteiger partial charge in [0.25, 0.3) is 0 Å². The molecule has 10 heavy (non-hydrogen) atoms. The Labute approximate surface area is 87.2 Å². The van der Waals surface area contributed by atoms with Crippen LogP contribution in [-0.2, 0) is 37.5 Å². The molecule has 0 aromatic heterocycles. The summed E-state index contributed by atoms with van der Waals surface area (Å²) < 4.78 is 0. The van der Waals surface area contributed by atoms with Crippen molar-refractivity contribution in [3.8, 4) is 0 Å². The molecular formula is C6H13N2OY-. The van der Waals surface area contributed by atoms with E-state index in [4.69, 9.17) is 0 Å². The van der Waals surface area contributed by atoms with Gasteiger partial charge in [-0.3, -0.25) is 0 Å². The van der Waals surface area contributed by atoms with Crippen molar-refractivity contribution in [1.82, 2.24) is 5.32 Å². The maximum Gasteiger partial charge on any atom is 0.0650 e. The molecule has 0 saturated heterocycles. The normalized spacial score (nSPS) is 8.80. The van der Waals surface area contributed by atoms with Gasteiger partial charge in [-0.1, -0.05) is 13.8 Å². The van der Waals surface area contributed by atoms with Crippen LogP contribution in [0.4, 0.5) is 0 Å². The van der Waals surface area contributed by atoms with Gasteiger partial charge in [-0.25, -0.2) is 0 Å². The maximum absolute atomic E-state index is 10.5. The Hall–Kier alpha value is 0.534. The summed E-state index contributed by atoms with van der Waals surface area (Å²) in [5, 5.41) is 6.41. The van der Waals surface area contributed by atoms with Crippen molar-refractivity contribution in [2.75, 3.05) is 13.6 Å². The van der Waals surface area contributed by atoms with E-state index < -0.39 is 0 Å². The number of likely N-dealkylation sites (N-methyl/N-ethyl adjacent to an activating group) is 1. The van der Waals surface area contributed by atoms with E-state index in [2.05, 4.69) is 10.6 Å². The second-order valence-electron chi connectivity index (χ2n) is 2.15. The molecule has 3 nitrogen and oxygen atoms in total. The first-order valence-corrected chi connectivity index (χ1v) is 3.03. The summed E-state index contributed by atoms with van der Waals surface area (Å²) >= 11 is 0. The quantitative estimate of drug-likeness (QED) is 0.750. The second kappa shape index (κ2) is 7.64. The summed E-state index contributed by atoms with van der Waals surface area (Å²) in [4.78, 5) is 10.5. The van der Waals surface area contributed by atoms with Gasteiger partial charge in [0.05, 0.1) is 5.91 Å². The number of hydrogen-bond donors (Lipinski definition) is 1. The third kappa shape index (κ3) is 8.53. The van der Waals surface area contributed by atoms with E-state index in [0.29, 0.717) is 12.6 Å². The first-order chi connectivity index (χ1) is 4.16. The van der Waals surface area contributed by atoms with E-state index in [1.807, 2.05) is 13.8 Å². The van der Waals surface area contributed by atoms with Gasteiger partial charge in [-0.05, 0) is 0 Å². The smallest absolute Gasteiger partial charge is 0.0650 e. The van der Waals surface area contributed by atoms with Crippen molar-refractivity contribution in [1.29, 1.82) is 0 Å². The molecule has 0 bridgehead atoms. The van der Waals surface area contributed by atoms with E-state index >= 15 is 0 Å². The summed E-state index contributed by atoms with van der Waals surface area (Å²) in [7, 11) is 1.50. The van der Waals surface area contributed by atoms with Crippen molar-refractivity contribution in [3.05, 3.63) is 5.32 Å². The van der Waals surface area contributed by atoms with Crippen LogP contribution in [0.3, 0.4) is 0 Å². The minimum absolute atomic E-state index is 0. The summed E-state index contributed by atoms with van der Waals surface area (Å²) in [5.41, 5.74) is 0. The number of carbonyl (C=O) groups excluding carboxylic acids is 1. The fraction of sp³-hybridized carbons (Fsp3) is 0.833. The summed E-state index contributed by atoms with van der Waals surface area (Å²) in [6.45, 7) is 4.33. The van der Waals surface area contributed by atoms with Crippen LogP contribution < -0.4 is 5.32 Å². The molecule has 1 radical (unpaired) electrons. The van der Waals surface area contributed by atoms with Gasteiger partial charge in [0, 0.05) is 45.3 Å². The second-order valence-corrected chi connectivity index (χ2v) is 2.15. The van der Waals surface area contributed by atoms with Gasteiger partial charge in [0.1, 0.15) is 0 Å². The Balaban J connectivity index is 0. The fourth-order valence-corrected chi connectivity index (χ4v) is 0.370. The summed E-state index contributed by atoms with van der Waals surface area (Å²) in [6, 6.07) is 0.357. The Bertz CT molecular complexity index is 95.7. The predicted octanol–water partition coefficient (Wildman–Crippen LogP) is 0.512. The van der Waals surface area contributed by atoms with Crippen LogP contribution in [0.5, 0.6) is 0 Å². The number of nitrogens with one attached hydrogen (secondary N) is 1. The molecule has 0 aliphatic carbocycles. The molecule has 4 heteroatoms. The molecule has 0 atom stereocenters. The van der Waals surface area contributed by atoms with Gasteiger partial charge >= 0.3 is 0 Å². The van der Waals surface area contributed by atoms with Crippen LogP contribution in [0.15, 0.2) is 0 Å². The van der Waals surface area contributed by atoms with Gasteiger partial charge < -0.3 is 15.4 Å². The standard InChI is InChI=1S/C6H14N2O.Y/c1-5(2)8-4-6(9)7-3;/h5,8H,4H2,1-3H3,(H,7,9);/p-1. The SMILES string of the molecule is C[N-]C(=O)CNC(C)C.[Y].